The number of ether oxygens (including phenoxy) is 1. The molecule has 1 saturated heterocycles. The fourth-order valence-electron chi connectivity index (χ4n) is 2.00. The second-order valence-electron chi connectivity index (χ2n) is 4.74. The first-order chi connectivity index (χ1) is 8.40. The zero-order valence-electron chi connectivity index (χ0n) is 10.1. The normalized spacial score (nSPS) is 38.7. The molecule has 0 saturated carbocycles. The number of hydrogen-bond donors (Lipinski definition) is 6. The maximum absolute atomic E-state index is 10.0. The van der Waals surface area contributed by atoms with E-state index in [0.29, 0.717) is 19.3 Å². The highest BCUT2D eigenvalue weighted by molar-refractivity contribution is 4.92. The molecule has 1 fully saturated rings. The third-order valence-corrected chi connectivity index (χ3v) is 3.16. The molecular formula is C11H22O7. The average molecular weight is 266 g/mol. The Morgan fingerprint density at radius 2 is 1.89 bits per heavy atom. The molecule has 7 nitrogen and oxygen atoms in total. The van der Waals surface area contributed by atoms with Crippen LogP contribution in [0.15, 0.2) is 0 Å². The van der Waals surface area contributed by atoms with Gasteiger partial charge >= 0.3 is 0 Å². The van der Waals surface area contributed by atoms with E-state index >= 15 is 0 Å². The van der Waals surface area contributed by atoms with Crippen LogP contribution in [0.5, 0.6) is 0 Å². The number of aliphatic hydroxyl groups is 6. The molecule has 0 aromatic heterocycles. The molecule has 18 heavy (non-hydrogen) atoms. The van der Waals surface area contributed by atoms with Crippen molar-refractivity contribution in [3.8, 4) is 0 Å². The summed E-state index contributed by atoms with van der Waals surface area (Å²) in [6, 6.07) is 0. The van der Waals surface area contributed by atoms with Gasteiger partial charge < -0.3 is 35.4 Å². The van der Waals surface area contributed by atoms with Gasteiger partial charge in [0.25, 0.3) is 0 Å². The van der Waals surface area contributed by atoms with E-state index in [1.807, 2.05) is 0 Å². The van der Waals surface area contributed by atoms with Crippen molar-refractivity contribution in [1.82, 2.24) is 0 Å². The summed E-state index contributed by atoms with van der Waals surface area (Å²) in [5, 5.41) is 56.6. The third-order valence-electron chi connectivity index (χ3n) is 3.16. The minimum Gasteiger partial charge on any atom is -0.396 e. The van der Waals surface area contributed by atoms with E-state index < -0.39 is 30.2 Å². The maximum Gasteiger partial charge on any atom is 0.197 e. The average Bonchev–Trinajstić information content (AvgIpc) is 2.32. The standard InChI is InChI=1S/C11H22O7/c12-4-2-1-3-7(13)5-11(17)10(16)9(15)8(14)6-18-11/h7-10,12-17H,1-6H2/t7?,8-,9+,10-,11?/m1/s1. The van der Waals surface area contributed by atoms with Crippen LogP contribution in [0.1, 0.15) is 25.7 Å². The first-order valence-electron chi connectivity index (χ1n) is 6.10. The van der Waals surface area contributed by atoms with Gasteiger partial charge in [-0.05, 0) is 19.3 Å². The van der Waals surface area contributed by atoms with Crippen LogP contribution in [0.3, 0.4) is 0 Å². The van der Waals surface area contributed by atoms with Crippen LogP contribution < -0.4 is 0 Å². The molecule has 0 bridgehead atoms. The molecule has 0 radical (unpaired) electrons. The largest absolute Gasteiger partial charge is 0.396 e. The van der Waals surface area contributed by atoms with E-state index in [1.54, 1.807) is 0 Å². The Morgan fingerprint density at radius 3 is 2.50 bits per heavy atom. The first-order valence-corrected chi connectivity index (χ1v) is 6.10. The van der Waals surface area contributed by atoms with Crippen molar-refractivity contribution in [2.45, 2.75) is 55.9 Å². The van der Waals surface area contributed by atoms with Gasteiger partial charge in [0.15, 0.2) is 5.79 Å². The van der Waals surface area contributed by atoms with Gasteiger partial charge in [0.05, 0.1) is 12.7 Å². The van der Waals surface area contributed by atoms with Crippen LogP contribution in [0.4, 0.5) is 0 Å². The summed E-state index contributed by atoms with van der Waals surface area (Å²) in [4.78, 5) is 0. The van der Waals surface area contributed by atoms with Crippen LogP contribution in [-0.2, 0) is 4.74 Å². The zero-order valence-corrected chi connectivity index (χ0v) is 10.1. The molecule has 1 aliphatic heterocycles. The number of aliphatic hydroxyl groups excluding tert-OH is 5. The lowest BCUT2D eigenvalue weighted by Crippen LogP contribution is -2.61. The molecule has 0 aromatic carbocycles. The molecule has 1 rings (SSSR count). The second kappa shape index (κ2) is 6.76. The molecule has 0 aliphatic carbocycles. The Hall–Kier alpha value is -0.280. The highest BCUT2D eigenvalue weighted by Crippen LogP contribution is 2.29. The smallest absolute Gasteiger partial charge is 0.197 e. The van der Waals surface area contributed by atoms with Crippen molar-refractivity contribution >= 4 is 0 Å². The van der Waals surface area contributed by atoms with E-state index in [9.17, 15) is 25.5 Å². The van der Waals surface area contributed by atoms with Gasteiger partial charge in [-0.1, -0.05) is 0 Å². The summed E-state index contributed by atoms with van der Waals surface area (Å²) in [7, 11) is 0. The Kier molecular flexibility index (Phi) is 5.93. The van der Waals surface area contributed by atoms with Gasteiger partial charge in [0, 0.05) is 13.0 Å². The zero-order chi connectivity index (χ0) is 13.8. The predicted octanol–water partition coefficient (Wildman–Crippen LogP) is -2.30. The summed E-state index contributed by atoms with van der Waals surface area (Å²) in [6.45, 7) is -0.279. The van der Waals surface area contributed by atoms with Gasteiger partial charge in [0.1, 0.15) is 18.3 Å². The Bertz CT molecular complexity index is 250. The number of hydrogen-bond acceptors (Lipinski definition) is 7. The summed E-state index contributed by atoms with van der Waals surface area (Å²) in [5.74, 6) is -2.06. The van der Waals surface area contributed by atoms with E-state index in [2.05, 4.69) is 0 Å². The predicted molar refractivity (Wildman–Crippen MR) is 60.5 cm³/mol. The summed E-state index contributed by atoms with van der Waals surface area (Å²) in [5.41, 5.74) is 0. The molecule has 1 heterocycles. The highest BCUT2D eigenvalue weighted by Gasteiger charge is 2.49. The fraction of sp³-hybridized carbons (Fsp3) is 1.00. The lowest BCUT2D eigenvalue weighted by molar-refractivity contribution is -0.329. The van der Waals surface area contributed by atoms with Crippen molar-refractivity contribution in [2.75, 3.05) is 13.2 Å². The van der Waals surface area contributed by atoms with Crippen LogP contribution in [0, 0.1) is 0 Å². The Labute approximate surface area is 105 Å². The second-order valence-corrected chi connectivity index (χ2v) is 4.74. The van der Waals surface area contributed by atoms with Crippen molar-refractivity contribution in [3.05, 3.63) is 0 Å². The molecule has 0 aromatic rings. The number of rotatable bonds is 6. The lowest BCUT2D eigenvalue weighted by atomic mass is 9.91. The molecular weight excluding hydrogens is 244 g/mol. The number of unbranched alkanes of at least 4 members (excludes halogenated alkanes) is 1. The van der Waals surface area contributed by atoms with Crippen molar-refractivity contribution in [1.29, 1.82) is 0 Å². The minimum atomic E-state index is -2.06. The molecule has 5 atom stereocenters. The van der Waals surface area contributed by atoms with Crippen LogP contribution >= 0.6 is 0 Å². The minimum absolute atomic E-state index is 0.0288. The fourth-order valence-corrected chi connectivity index (χ4v) is 2.00. The third kappa shape index (κ3) is 3.86. The van der Waals surface area contributed by atoms with Crippen LogP contribution in [0.25, 0.3) is 0 Å². The Morgan fingerprint density at radius 1 is 1.22 bits per heavy atom. The first kappa shape index (κ1) is 15.8. The SMILES string of the molecule is OCCCCC(O)CC1(O)OC[C@@H](O)[C@H](O)[C@H]1O. The van der Waals surface area contributed by atoms with Gasteiger partial charge in [0.2, 0.25) is 0 Å². The molecule has 0 spiro atoms. The van der Waals surface area contributed by atoms with E-state index in [0.717, 1.165) is 0 Å². The quantitative estimate of drug-likeness (QED) is 0.298. The molecule has 6 N–H and O–H groups in total. The molecule has 108 valence electrons. The molecule has 7 heteroatoms. The van der Waals surface area contributed by atoms with Gasteiger partial charge in [-0.2, -0.15) is 0 Å². The van der Waals surface area contributed by atoms with Crippen LogP contribution in [0.2, 0.25) is 0 Å². The van der Waals surface area contributed by atoms with E-state index in [1.165, 1.54) is 0 Å². The monoisotopic (exact) mass is 266 g/mol. The maximum atomic E-state index is 10.0. The van der Waals surface area contributed by atoms with E-state index in [4.69, 9.17) is 9.84 Å². The van der Waals surface area contributed by atoms with Crippen molar-refractivity contribution in [2.24, 2.45) is 0 Å². The summed E-state index contributed by atoms with van der Waals surface area (Å²) in [6.07, 6.45) is -4.15. The van der Waals surface area contributed by atoms with E-state index in [-0.39, 0.29) is 19.6 Å². The van der Waals surface area contributed by atoms with Crippen molar-refractivity contribution in [3.63, 3.8) is 0 Å². The highest BCUT2D eigenvalue weighted by atomic mass is 16.6. The topological polar surface area (TPSA) is 131 Å². The van der Waals surface area contributed by atoms with Crippen molar-refractivity contribution < 1.29 is 35.4 Å². The molecule has 1 aliphatic rings. The molecule has 0 amide bonds. The lowest BCUT2D eigenvalue weighted by Gasteiger charge is -2.42. The summed E-state index contributed by atoms with van der Waals surface area (Å²) < 4.78 is 4.92. The Balaban J connectivity index is 2.48. The molecule has 2 unspecified atom stereocenters. The van der Waals surface area contributed by atoms with Gasteiger partial charge in [-0.25, -0.2) is 0 Å². The summed E-state index contributed by atoms with van der Waals surface area (Å²) >= 11 is 0. The van der Waals surface area contributed by atoms with Gasteiger partial charge in [-0.3, -0.25) is 0 Å². The van der Waals surface area contributed by atoms with Crippen LogP contribution in [-0.4, -0.2) is 74.1 Å². The van der Waals surface area contributed by atoms with Gasteiger partial charge in [-0.15, -0.1) is 0 Å².